The maximum Gasteiger partial charge on any atom is 0.490 e. The van der Waals surface area contributed by atoms with Crippen LogP contribution in [-0.4, -0.2) is 66.2 Å². The molecular formula is C21H24F3N7O3. The van der Waals surface area contributed by atoms with Gasteiger partial charge >= 0.3 is 12.1 Å². The first kappa shape index (κ1) is 25.0. The number of nitrogens with zero attached hydrogens (tertiary/aromatic N) is 7. The van der Waals surface area contributed by atoms with Gasteiger partial charge in [-0.15, -0.1) is 0 Å². The quantitative estimate of drug-likeness (QED) is 0.589. The summed E-state index contributed by atoms with van der Waals surface area (Å²) in [6.07, 6.45) is 4.11. The Balaban J connectivity index is 0.000000406. The number of alkyl halides is 3. The van der Waals surface area contributed by atoms with Crippen LogP contribution in [0.25, 0.3) is 11.5 Å². The zero-order valence-corrected chi connectivity index (χ0v) is 18.6. The van der Waals surface area contributed by atoms with Crippen molar-refractivity contribution in [3.05, 3.63) is 48.2 Å². The van der Waals surface area contributed by atoms with Gasteiger partial charge < -0.3 is 14.7 Å². The highest BCUT2D eigenvalue weighted by Gasteiger charge is 2.38. The van der Waals surface area contributed by atoms with Crippen LogP contribution in [0, 0.1) is 6.92 Å². The zero-order chi connectivity index (χ0) is 24.7. The van der Waals surface area contributed by atoms with Crippen LogP contribution in [0.1, 0.15) is 24.0 Å². The van der Waals surface area contributed by atoms with Crippen LogP contribution in [0.15, 0.2) is 37.1 Å². The fraction of sp³-hybridized carbons (Fsp3) is 0.429. The molecule has 34 heavy (non-hydrogen) atoms. The van der Waals surface area contributed by atoms with Gasteiger partial charge in [0.05, 0.1) is 12.7 Å². The van der Waals surface area contributed by atoms with E-state index in [0.717, 1.165) is 54.5 Å². The summed E-state index contributed by atoms with van der Waals surface area (Å²) in [5.41, 5.74) is 2.93. The number of hydrogen-bond donors (Lipinski definition) is 1. The van der Waals surface area contributed by atoms with E-state index < -0.39 is 12.1 Å². The van der Waals surface area contributed by atoms with Gasteiger partial charge in [0, 0.05) is 38.7 Å². The number of carboxylic acids is 1. The topological polar surface area (TPSA) is 119 Å². The second kappa shape index (κ2) is 11.0. The molecule has 0 saturated carbocycles. The molecule has 4 heterocycles. The molecule has 0 amide bonds. The number of pyridine rings is 1. The van der Waals surface area contributed by atoms with E-state index in [9.17, 15) is 13.2 Å². The third-order valence-corrected chi connectivity index (χ3v) is 5.06. The van der Waals surface area contributed by atoms with Gasteiger partial charge in [-0.25, -0.2) is 24.4 Å². The van der Waals surface area contributed by atoms with Gasteiger partial charge in [-0.1, -0.05) is 6.07 Å². The predicted molar refractivity (Wildman–Crippen MR) is 115 cm³/mol. The zero-order valence-electron chi connectivity index (χ0n) is 18.6. The van der Waals surface area contributed by atoms with Crippen molar-refractivity contribution in [2.24, 2.45) is 7.05 Å². The predicted octanol–water partition coefficient (Wildman–Crippen LogP) is 2.79. The Kier molecular flexibility index (Phi) is 8.10. The SMILES string of the molecule is Cc1cnc(N2CCC(OCc3cccnc3)CC2)nc1-c1ncnn1C.O=C(O)C(F)(F)F. The summed E-state index contributed by atoms with van der Waals surface area (Å²) in [4.78, 5) is 28.8. The minimum Gasteiger partial charge on any atom is -0.475 e. The van der Waals surface area contributed by atoms with Crippen molar-refractivity contribution < 1.29 is 27.8 Å². The summed E-state index contributed by atoms with van der Waals surface area (Å²) < 4.78 is 39.5. The number of anilines is 1. The van der Waals surface area contributed by atoms with Crippen LogP contribution in [0.5, 0.6) is 0 Å². The number of rotatable bonds is 5. The van der Waals surface area contributed by atoms with E-state index in [1.54, 1.807) is 17.2 Å². The van der Waals surface area contributed by atoms with Crippen LogP contribution in [-0.2, 0) is 23.2 Å². The van der Waals surface area contributed by atoms with Crippen LogP contribution >= 0.6 is 0 Å². The fourth-order valence-electron chi connectivity index (χ4n) is 3.24. The summed E-state index contributed by atoms with van der Waals surface area (Å²) in [6.45, 7) is 4.35. The van der Waals surface area contributed by atoms with Gasteiger partial charge in [-0.3, -0.25) is 4.98 Å². The minimum atomic E-state index is -5.08. The molecule has 1 aliphatic rings. The number of aromatic nitrogens is 6. The summed E-state index contributed by atoms with van der Waals surface area (Å²) in [5.74, 6) is -1.26. The Morgan fingerprint density at radius 2 is 1.94 bits per heavy atom. The maximum absolute atomic E-state index is 10.6. The molecule has 0 unspecified atom stereocenters. The van der Waals surface area contributed by atoms with Crippen molar-refractivity contribution in [3.63, 3.8) is 0 Å². The molecule has 1 N–H and O–H groups in total. The van der Waals surface area contributed by atoms with Crippen molar-refractivity contribution in [2.75, 3.05) is 18.0 Å². The van der Waals surface area contributed by atoms with E-state index in [2.05, 4.69) is 25.0 Å². The Labute approximate surface area is 193 Å². The first-order valence-corrected chi connectivity index (χ1v) is 10.4. The van der Waals surface area contributed by atoms with E-state index >= 15 is 0 Å². The highest BCUT2D eigenvalue weighted by atomic mass is 19.4. The monoisotopic (exact) mass is 479 g/mol. The standard InChI is InChI=1S/C19H23N7O.C2HF3O2/c1-14-10-21-19(24-17(14)18-22-13-23-25(18)2)26-8-5-16(6-9-26)27-12-15-4-3-7-20-11-15;3-2(4,5)1(6)7/h3-4,7,10-11,13,16H,5-6,8-9,12H2,1-2H3;(H,6,7). The molecule has 0 aromatic carbocycles. The molecule has 3 aromatic heterocycles. The average Bonchev–Trinajstić information content (AvgIpc) is 3.24. The average molecular weight is 479 g/mol. The molecule has 3 aromatic rings. The van der Waals surface area contributed by atoms with Gasteiger partial charge in [-0.05, 0) is 37.0 Å². The molecule has 0 radical (unpaired) electrons. The molecule has 0 atom stereocenters. The first-order chi connectivity index (χ1) is 16.1. The molecule has 0 bridgehead atoms. The van der Waals surface area contributed by atoms with E-state index in [1.165, 1.54) is 0 Å². The van der Waals surface area contributed by atoms with Gasteiger partial charge in [0.2, 0.25) is 5.95 Å². The number of halogens is 3. The molecule has 1 fully saturated rings. The van der Waals surface area contributed by atoms with E-state index in [-0.39, 0.29) is 6.10 Å². The Morgan fingerprint density at radius 1 is 1.24 bits per heavy atom. The lowest BCUT2D eigenvalue weighted by Gasteiger charge is -2.32. The van der Waals surface area contributed by atoms with Crippen molar-refractivity contribution >= 4 is 11.9 Å². The first-order valence-electron chi connectivity index (χ1n) is 10.4. The van der Waals surface area contributed by atoms with Crippen molar-refractivity contribution in [1.82, 2.24) is 29.7 Å². The van der Waals surface area contributed by atoms with E-state index in [4.69, 9.17) is 19.6 Å². The Bertz CT molecular complexity index is 1080. The minimum absolute atomic E-state index is 0.255. The van der Waals surface area contributed by atoms with Crippen LogP contribution < -0.4 is 4.90 Å². The number of carboxylic acid groups (broad SMARTS) is 1. The van der Waals surface area contributed by atoms with Crippen LogP contribution in [0.2, 0.25) is 0 Å². The second-order valence-corrected chi connectivity index (χ2v) is 7.57. The van der Waals surface area contributed by atoms with Crippen molar-refractivity contribution in [1.29, 1.82) is 0 Å². The third kappa shape index (κ3) is 6.70. The molecule has 4 rings (SSSR count). The summed E-state index contributed by atoms with van der Waals surface area (Å²) in [5, 5.41) is 11.3. The van der Waals surface area contributed by atoms with Crippen LogP contribution in [0.3, 0.4) is 0 Å². The Morgan fingerprint density at radius 3 is 2.50 bits per heavy atom. The lowest BCUT2D eigenvalue weighted by molar-refractivity contribution is -0.192. The number of aliphatic carboxylic acids is 1. The number of carbonyl (C=O) groups is 1. The Hall–Kier alpha value is -3.61. The number of piperidine rings is 1. The maximum atomic E-state index is 10.6. The second-order valence-electron chi connectivity index (χ2n) is 7.57. The van der Waals surface area contributed by atoms with Crippen molar-refractivity contribution in [3.8, 4) is 11.5 Å². The number of ether oxygens (including phenoxy) is 1. The van der Waals surface area contributed by atoms with Gasteiger partial charge in [0.25, 0.3) is 0 Å². The van der Waals surface area contributed by atoms with Crippen molar-refractivity contribution in [2.45, 2.75) is 38.7 Å². The van der Waals surface area contributed by atoms with Gasteiger partial charge in [0.1, 0.15) is 12.0 Å². The highest BCUT2D eigenvalue weighted by Crippen LogP contribution is 2.23. The number of hydrogen-bond acceptors (Lipinski definition) is 8. The molecule has 1 saturated heterocycles. The fourth-order valence-corrected chi connectivity index (χ4v) is 3.24. The lowest BCUT2D eigenvalue weighted by Crippen LogP contribution is -2.38. The lowest BCUT2D eigenvalue weighted by atomic mass is 10.1. The third-order valence-electron chi connectivity index (χ3n) is 5.06. The molecular weight excluding hydrogens is 455 g/mol. The number of aryl methyl sites for hydroxylation is 2. The molecule has 13 heteroatoms. The summed E-state index contributed by atoms with van der Waals surface area (Å²) in [7, 11) is 1.87. The molecule has 0 aliphatic carbocycles. The van der Waals surface area contributed by atoms with E-state index in [0.29, 0.717) is 6.61 Å². The van der Waals surface area contributed by atoms with E-state index in [1.807, 2.05) is 38.5 Å². The smallest absolute Gasteiger partial charge is 0.475 e. The molecule has 182 valence electrons. The largest absolute Gasteiger partial charge is 0.490 e. The molecule has 0 spiro atoms. The van der Waals surface area contributed by atoms with Gasteiger partial charge in [0.15, 0.2) is 5.82 Å². The molecule has 1 aliphatic heterocycles. The van der Waals surface area contributed by atoms with Crippen LogP contribution in [0.4, 0.5) is 19.1 Å². The molecule has 10 nitrogen and oxygen atoms in total. The summed E-state index contributed by atoms with van der Waals surface area (Å²) in [6, 6.07) is 3.97. The highest BCUT2D eigenvalue weighted by molar-refractivity contribution is 5.73. The van der Waals surface area contributed by atoms with Gasteiger partial charge in [-0.2, -0.15) is 18.3 Å². The summed E-state index contributed by atoms with van der Waals surface area (Å²) >= 11 is 0. The normalized spacial score (nSPS) is 14.4.